The average Bonchev–Trinajstić information content (AvgIpc) is 3.35. The Morgan fingerprint density at radius 1 is 0.852 bits per heavy atom. The third-order valence-corrected chi connectivity index (χ3v) is 4.98. The second-order valence-corrected chi connectivity index (χ2v) is 6.46. The van der Waals surface area contributed by atoms with Crippen LogP contribution < -0.4 is 24.6 Å². The Hall–Kier alpha value is -3.67. The summed E-state index contributed by atoms with van der Waals surface area (Å²) in [6.45, 7) is 0.324. The van der Waals surface area contributed by atoms with Crippen molar-refractivity contribution in [3.8, 4) is 28.4 Å². The highest BCUT2D eigenvalue weighted by molar-refractivity contribution is 6.16. The van der Waals surface area contributed by atoms with Gasteiger partial charge in [0.15, 0.2) is 17.3 Å². The number of hydrogen-bond donors (Lipinski definition) is 0. The molecule has 1 aromatic heterocycles. The molecule has 0 atom stereocenters. The van der Waals surface area contributed by atoms with E-state index in [-0.39, 0.29) is 19.4 Å². The van der Waals surface area contributed by atoms with Crippen LogP contribution in [0.25, 0.3) is 23.5 Å². The van der Waals surface area contributed by atoms with Crippen LogP contribution in [0.5, 0.6) is 17.2 Å². The van der Waals surface area contributed by atoms with Crippen LogP contribution in [-0.4, -0.2) is 19.4 Å². The molecule has 1 aliphatic carbocycles. The lowest BCUT2D eigenvalue weighted by molar-refractivity contribution is 0.0912. The van der Waals surface area contributed by atoms with Gasteiger partial charge in [0.1, 0.15) is 12.0 Å². The van der Waals surface area contributed by atoms with Gasteiger partial charge in [0.05, 0.1) is 23.3 Å². The number of fused-ring (bicyclic) bond motifs is 4. The zero-order valence-corrected chi connectivity index (χ0v) is 14.0. The normalized spacial score (nSPS) is 15.5. The summed E-state index contributed by atoms with van der Waals surface area (Å²) in [6.07, 6.45) is 6.63. The predicted octanol–water partition coefficient (Wildman–Crippen LogP) is 2.15. The molecule has 2 aliphatic heterocycles. The van der Waals surface area contributed by atoms with Crippen LogP contribution in [-0.2, 0) is 4.74 Å². The van der Waals surface area contributed by atoms with E-state index in [1.165, 1.54) is 6.26 Å². The van der Waals surface area contributed by atoms with E-state index in [2.05, 4.69) is 0 Å². The molecule has 0 saturated carbocycles. The maximum absolute atomic E-state index is 13.3. The van der Waals surface area contributed by atoms with Crippen LogP contribution >= 0.6 is 0 Å². The van der Waals surface area contributed by atoms with Crippen LogP contribution in [0.4, 0.5) is 0 Å². The highest BCUT2D eigenvalue weighted by Crippen LogP contribution is 2.37. The van der Waals surface area contributed by atoms with Crippen molar-refractivity contribution in [2.75, 3.05) is 13.6 Å². The summed E-state index contributed by atoms with van der Waals surface area (Å²) in [5.41, 5.74) is 3.47. The first-order valence-electron chi connectivity index (χ1n) is 8.44. The van der Waals surface area contributed by atoms with Gasteiger partial charge < -0.3 is 23.4 Å². The summed E-state index contributed by atoms with van der Waals surface area (Å²) >= 11 is 0. The maximum Gasteiger partial charge on any atom is 0.231 e. The minimum Gasteiger partial charge on any atom is -0.471 e. The van der Waals surface area contributed by atoms with E-state index >= 15 is 0 Å². The molecule has 0 saturated heterocycles. The van der Waals surface area contributed by atoms with Gasteiger partial charge in [-0.1, -0.05) is 6.07 Å². The second-order valence-electron chi connectivity index (χ2n) is 6.46. The topological polar surface area (TPSA) is 67.1 Å². The van der Waals surface area contributed by atoms with Crippen LogP contribution in [0.2, 0.25) is 0 Å². The first kappa shape index (κ1) is 14.5. The standard InChI is InChI=1S/C21H12O6/c22-21-14-7-23-6-13(14)3-12-5-17-15(8-24-9-25-17)19(20(12)21)11-1-2-16-18(4-11)27-10-26-16/h1-8H,9-10H2. The highest BCUT2D eigenvalue weighted by Gasteiger charge is 2.28. The molecule has 6 nitrogen and oxygen atoms in total. The van der Waals surface area contributed by atoms with Crippen molar-refractivity contribution < 1.29 is 28.2 Å². The molecule has 0 spiro atoms. The number of rotatable bonds is 1. The van der Waals surface area contributed by atoms with Crippen molar-refractivity contribution in [1.82, 2.24) is 0 Å². The Labute approximate surface area is 152 Å². The number of carbonyl (C=O) groups is 1. The Morgan fingerprint density at radius 3 is 2.70 bits per heavy atom. The summed E-state index contributed by atoms with van der Waals surface area (Å²) < 4.78 is 27.2. The third-order valence-electron chi connectivity index (χ3n) is 4.98. The van der Waals surface area contributed by atoms with Crippen molar-refractivity contribution in [1.29, 1.82) is 0 Å². The number of benzene rings is 2. The summed E-state index contributed by atoms with van der Waals surface area (Å²) in [6, 6.07) is 7.49. The molecule has 0 unspecified atom stereocenters. The maximum atomic E-state index is 13.3. The molecule has 0 bridgehead atoms. The SMILES string of the molecule is O=C1c2cocc2C=c2cc3c(c(-c4ccc5c(c4)OCO5)c21)=COCO3. The van der Waals surface area contributed by atoms with E-state index in [0.29, 0.717) is 28.4 Å². The molecular weight excluding hydrogens is 348 g/mol. The summed E-state index contributed by atoms with van der Waals surface area (Å²) in [7, 11) is 0. The quantitative estimate of drug-likeness (QED) is 0.518. The van der Waals surface area contributed by atoms with E-state index in [9.17, 15) is 4.79 Å². The first-order valence-corrected chi connectivity index (χ1v) is 8.44. The van der Waals surface area contributed by atoms with Gasteiger partial charge in [-0.05, 0) is 35.1 Å². The fourth-order valence-corrected chi connectivity index (χ4v) is 3.76. The number of furan rings is 1. The number of ketones is 1. The summed E-state index contributed by atoms with van der Waals surface area (Å²) in [5, 5.41) is 1.52. The summed E-state index contributed by atoms with van der Waals surface area (Å²) in [5.74, 6) is 1.91. The van der Waals surface area contributed by atoms with Crippen molar-refractivity contribution >= 4 is 18.1 Å². The van der Waals surface area contributed by atoms with Crippen LogP contribution in [0.1, 0.15) is 21.5 Å². The van der Waals surface area contributed by atoms with Gasteiger partial charge in [0.2, 0.25) is 13.6 Å². The summed E-state index contributed by atoms with van der Waals surface area (Å²) in [4.78, 5) is 13.3. The molecular formula is C21H12O6. The van der Waals surface area contributed by atoms with Crippen molar-refractivity contribution in [3.05, 3.63) is 63.9 Å². The lowest BCUT2D eigenvalue weighted by Gasteiger charge is -2.20. The van der Waals surface area contributed by atoms with Gasteiger partial charge in [-0.25, -0.2) is 0 Å². The van der Waals surface area contributed by atoms with Crippen LogP contribution in [0.15, 0.2) is 41.2 Å². The Balaban J connectivity index is 1.72. The molecule has 27 heavy (non-hydrogen) atoms. The molecule has 0 amide bonds. The third kappa shape index (κ3) is 1.98. The van der Waals surface area contributed by atoms with Gasteiger partial charge >= 0.3 is 0 Å². The largest absolute Gasteiger partial charge is 0.471 e. The van der Waals surface area contributed by atoms with Gasteiger partial charge in [0, 0.05) is 16.7 Å². The van der Waals surface area contributed by atoms with E-state index in [4.69, 9.17) is 23.4 Å². The number of carbonyl (C=O) groups excluding carboxylic acids is 1. The molecule has 3 aromatic rings. The molecule has 0 radical (unpaired) electrons. The second kappa shape index (κ2) is 5.17. The molecule has 6 rings (SSSR count). The molecule has 3 heterocycles. The minimum absolute atomic E-state index is 0.0920. The van der Waals surface area contributed by atoms with Crippen molar-refractivity contribution in [2.45, 2.75) is 0 Å². The smallest absolute Gasteiger partial charge is 0.231 e. The molecule has 0 fully saturated rings. The van der Waals surface area contributed by atoms with E-state index < -0.39 is 0 Å². The fourth-order valence-electron chi connectivity index (χ4n) is 3.76. The van der Waals surface area contributed by atoms with Crippen LogP contribution in [0.3, 0.4) is 0 Å². The Morgan fingerprint density at radius 2 is 1.74 bits per heavy atom. The molecule has 2 aromatic carbocycles. The van der Waals surface area contributed by atoms with Gasteiger partial charge in [-0.2, -0.15) is 0 Å². The predicted molar refractivity (Wildman–Crippen MR) is 94.0 cm³/mol. The monoisotopic (exact) mass is 360 g/mol. The average molecular weight is 360 g/mol. The fraction of sp³-hybridized carbons (Fsp3) is 0.0952. The zero-order valence-electron chi connectivity index (χ0n) is 14.0. The van der Waals surface area contributed by atoms with Gasteiger partial charge in [-0.3, -0.25) is 4.79 Å². The number of ether oxygens (including phenoxy) is 4. The highest BCUT2D eigenvalue weighted by atomic mass is 16.7. The Bertz CT molecular complexity index is 1250. The van der Waals surface area contributed by atoms with E-state index in [1.807, 2.05) is 30.3 Å². The molecule has 132 valence electrons. The molecule has 6 heteroatoms. The Kier molecular flexibility index (Phi) is 2.78. The minimum atomic E-state index is -0.0920. The first-order chi connectivity index (χ1) is 13.3. The zero-order chi connectivity index (χ0) is 18.0. The molecule has 0 N–H and O–H groups in total. The van der Waals surface area contributed by atoms with E-state index in [1.54, 1.807) is 12.5 Å². The molecule has 3 aliphatic rings. The van der Waals surface area contributed by atoms with Crippen molar-refractivity contribution in [3.63, 3.8) is 0 Å². The number of hydrogen-bond acceptors (Lipinski definition) is 6. The lowest BCUT2D eigenvalue weighted by atomic mass is 9.86. The lowest BCUT2D eigenvalue weighted by Crippen LogP contribution is -2.30. The van der Waals surface area contributed by atoms with E-state index in [0.717, 1.165) is 27.1 Å². The van der Waals surface area contributed by atoms with Gasteiger partial charge in [0.25, 0.3) is 0 Å². The van der Waals surface area contributed by atoms with Gasteiger partial charge in [-0.15, -0.1) is 0 Å². The van der Waals surface area contributed by atoms with Crippen LogP contribution in [0, 0.1) is 0 Å². The van der Waals surface area contributed by atoms with Crippen molar-refractivity contribution in [2.24, 2.45) is 0 Å².